The Balaban J connectivity index is 4.29. The molecule has 5 nitrogen and oxygen atoms in total. The summed E-state index contributed by atoms with van der Waals surface area (Å²) in [5.74, 6) is -0.453. The van der Waals surface area contributed by atoms with Crippen molar-refractivity contribution in [3.63, 3.8) is 0 Å². The minimum Gasteiger partial charge on any atom is -0.462 e. The fourth-order valence-corrected chi connectivity index (χ4v) is 7.81. The summed E-state index contributed by atoms with van der Waals surface area (Å²) in [7, 11) is 0. The van der Waals surface area contributed by atoms with Gasteiger partial charge >= 0.3 is 11.9 Å². The van der Waals surface area contributed by atoms with Gasteiger partial charge in [0, 0.05) is 19.4 Å². The third-order valence-electron chi connectivity index (χ3n) is 11.9. The lowest BCUT2D eigenvalue weighted by Crippen LogP contribution is -2.30. The Morgan fingerprint density at radius 3 is 1.11 bits per heavy atom. The van der Waals surface area contributed by atoms with Gasteiger partial charge in [-0.15, -0.1) is 0 Å². The summed E-state index contributed by atoms with van der Waals surface area (Å²) in [5.41, 5.74) is 0. The van der Waals surface area contributed by atoms with Crippen LogP contribution < -0.4 is 0 Å². The highest BCUT2D eigenvalue weighted by Crippen LogP contribution is 2.16. The molecular formula is C61H106O5. The first kappa shape index (κ1) is 63.1. The highest BCUT2D eigenvalue weighted by atomic mass is 16.6. The van der Waals surface area contributed by atoms with Crippen LogP contribution in [0.3, 0.4) is 0 Å². The number of hydrogen-bond acceptors (Lipinski definition) is 5. The molecule has 66 heavy (non-hydrogen) atoms. The molecule has 0 N–H and O–H groups in total. The fraction of sp³-hybridized carbons (Fsp3) is 0.738. The molecule has 0 aromatic carbocycles. The van der Waals surface area contributed by atoms with E-state index in [1.807, 2.05) is 0 Å². The standard InChI is InChI=1S/C61H106O5/c1-4-7-10-13-16-19-22-25-27-29-30-31-33-35-38-41-44-47-50-53-56-64-57-59(66-61(63)55-52-49-46-43-40-36-24-21-18-15-12-9-6-3)58-65-60(62)54-51-48-45-42-39-37-34-32-28-26-23-20-17-14-11-8-5-2/h8-9,11-12,17-18,20-21,26,28,34,36-37,40,59H,4-7,10,13-16,19,22-25,27,29-33,35,38-39,41-58H2,1-3H3/b11-8-,12-9-,20-17-,21-18-,28-26-,37-34-,40-36-. The lowest BCUT2D eigenvalue weighted by Gasteiger charge is -2.18. The van der Waals surface area contributed by atoms with Crippen molar-refractivity contribution in [3.8, 4) is 0 Å². The SMILES string of the molecule is CC/C=C\C/C=C\C/C=C\C/C=C\CCCCCCC(=O)OCC(COCCCCCCCCCCCCCCCCCCCCCC)OC(=O)CCCCC/C=C\C/C=C\C/C=C\CC. The summed E-state index contributed by atoms with van der Waals surface area (Å²) in [6.07, 6.45) is 74.7. The van der Waals surface area contributed by atoms with E-state index in [2.05, 4.69) is 106 Å². The van der Waals surface area contributed by atoms with Gasteiger partial charge in [0.05, 0.1) is 6.61 Å². The lowest BCUT2D eigenvalue weighted by molar-refractivity contribution is -0.163. The monoisotopic (exact) mass is 919 g/mol. The molecule has 0 radical (unpaired) electrons. The van der Waals surface area contributed by atoms with Gasteiger partial charge in [-0.1, -0.05) is 247 Å². The summed E-state index contributed by atoms with van der Waals surface area (Å²) in [6.45, 7) is 7.57. The summed E-state index contributed by atoms with van der Waals surface area (Å²) in [5, 5.41) is 0. The first-order valence-electron chi connectivity index (χ1n) is 28.1. The van der Waals surface area contributed by atoms with Gasteiger partial charge < -0.3 is 14.2 Å². The zero-order valence-corrected chi connectivity index (χ0v) is 43.7. The van der Waals surface area contributed by atoms with Gasteiger partial charge in [0.25, 0.3) is 0 Å². The number of carbonyl (C=O) groups is 2. The van der Waals surface area contributed by atoms with Crippen molar-refractivity contribution in [2.24, 2.45) is 0 Å². The van der Waals surface area contributed by atoms with E-state index in [-0.39, 0.29) is 25.2 Å². The van der Waals surface area contributed by atoms with E-state index in [1.165, 1.54) is 116 Å². The van der Waals surface area contributed by atoms with Gasteiger partial charge in [0.1, 0.15) is 6.61 Å². The van der Waals surface area contributed by atoms with E-state index in [0.29, 0.717) is 19.4 Å². The molecule has 5 heteroatoms. The van der Waals surface area contributed by atoms with Crippen LogP contribution in [0, 0.1) is 0 Å². The second-order valence-corrected chi connectivity index (χ2v) is 18.4. The normalized spacial score (nSPS) is 12.8. The molecular weight excluding hydrogens is 813 g/mol. The second-order valence-electron chi connectivity index (χ2n) is 18.4. The number of ether oxygens (including phenoxy) is 3. The summed E-state index contributed by atoms with van der Waals surface area (Å²) < 4.78 is 17.4. The Kier molecular flexibility index (Phi) is 53.9. The average Bonchev–Trinajstić information content (AvgIpc) is 3.32. The van der Waals surface area contributed by atoms with Crippen LogP contribution in [-0.4, -0.2) is 37.9 Å². The molecule has 0 saturated carbocycles. The van der Waals surface area contributed by atoms with Crippen LogP contribution in [0.5, 0.6) is 0 Å². The highest BCUT2D eigenvalue weighted by Gasteiger charge is 2.17. The minimum atomic E-state index is -0.564. The quantitative estimate of drug-likeness (QED) is 0.0346. The smallest absolute Gasteiger partial charge is 0.306 e. The molecule has 0 aromatic heterocycles. The molecule has 1 atom stereocenters. The van der Waals surface area contributed by atoms with Crippen molar-refractivity contribution in [2.45, 2.75) is 271 Å². The zero-order chi connectivity index (χ0) is 47.7. The van der Waals surface area contributed by atoms with Crippen molar-refractivity contribution in [1.82, 2.24) is 0 Å². The Hall–Kier alpha value is -2.92. The van der Waals surface area contributed by atoms with Crippen molar-refractivity contribution in [1.29, 1.82) is 0 Å². The van der Waals surface area contributed by atoms with Gasteiger partial charge in [-0.05, 0) is 89.9 Å². The van der Waals surface area contributed by atoms with Crippen molar-refractivity contribution in [3.05, 3.63) is 85.1 Å². The van der Waals surface area contributed by atoms with E-state index in [1.54, 1.807) is 0 Å². The molecule has 0 amide bonds. The van der Waals surface area contributed by atoms with Gasteiger partial charge in [0.15, 0.2) is 6.10 Å². The van der Waals surface area contributed by atoms with Crippen LogP contribution in [0.15, 0.2) is 85.1 Å². The van der Waals surface area contributed by atoms with E-state index in [0.717, 1.165) is 116 Å². The molecule has 0 aliphatic heterocycles. The molecule has 0 heterocycles. The first-order valence-corrected chi connectivity index (χ1v) is 28.1. The van der Waals surface area contributed by atoms with Crippen molar-refractivity contribution in [2.75, 3.05) is 19.8 Å². The molecule has 380 valence electrons. The third kappa shape index (κ3) is 53.7. The number of unbranched alkanes of at least 4 members (excludes halogenated alkanes) is 26. The molecule has 0 rings (SSSR count). The lowest BCUT2D eigenvalue weighted by atomic mass is 10.0. The maximum absolute atomic E-state index is 12.8. The molecule has 0 fully saturated rings. The summed E-state index contributed by atoms with van der Waals surface area (Å²) in [6, 6.07) is 0. The minimum absolute atomic E-state index is 0.0593. The summed E-state index contributed by atoms with van der Waals surface area (Å²) >= 11 is 0. The fourth-order valence-electron chi connectivity index (χ4n) is 7.81. The number of esters is 2. The number of allylic oxidation sites excluding steroid dienone is 14. The molecule has 0 aliphatic carbocycles. The highest BCUT2D eigenvalue weighted by molar-refractivity contribution is 5.70. The van der Waals surface area contributed by atoms with Crippen LogP contribution in [0.4, 0.5) is 0 Å². The van der Waals surface area contributed by atoms with Gasteiger partial charge in [-0.2, -0.15) is 0 Å². The third-order valence-corrected chi connectivity index (χ3v) is 11.9. The van der Waals surface area contributed by atoms with Crippen molar-refractivity contribution < 1.29 is 23.8 Å². The Labute approximate surface area is 409 Å². The van der Waals surface area contributed by atoms with Crippen LogP contribution in [0.25, 0.3) is 0 Å². The van der Waals surface area contributed by atoms with E-state index in [9.17, 15) is 9.59 Å². The van der Waals surface area contributed by atoms with Crippen LogP contribution in [0.2, 0.25) is 0 Å². The average molecular weight is 920 g/mol. The predicted octanol–water partition coefficient (Wildman–Crippen LogP) is 19.2. The topological polar surface area (TPSA) is 61.8 Å². The maximum Gasteiger partial charge on any atom is 0.306 e. The molecule has 1 unspecified atom stereocenters. The first-order chi connectivity index (χ1) is 32.6. The number of carbonyl (C=O) groups excluding carboxylic acids is 2. The van der Waals surface area contributed by atoms with Gasteiger partial charge in [0.2, 0.25) is 0 Å². The molecule has 0 aromatic rings. The Bertz CT molecular complexity index is 1220. The van der Waals surface area contributed by atoms with E-state index >= 15 is 0 Å². The van der Waals surface area contributed by atoms with Gasteiger partial charge in [-0.25, -0.2) is 0 Å². The van der Waals surface area contributed by atoms with Crippen LogP contribution in [-0.2, 0) is 23.8 Å². The number of hydrogen-bond donors (Lipinski definition) is 0. The van der Waals surface area contributed by atoms with E-state index in [4.69, 9.17) is 14.2 Å². The Morgan fingerprint density at radius 2 is 0.682 bits per heavy atom. The van der Waals surface area contributed by atoms with Crippen LogP contribution >= 0.6 is 0 Å². The maximum atomic E-state index is 12.8. The molecule has 0 spiro atoms. The molecule has 0 bridgehead atoms. The van der Waals surface area contributed by atoms with E-state index < -0.39 is 6.10 Å². The predicted molar refractivity (Wildman–Crippen MR) is 288 cm³/mol. The van der Waals surface area contributed by atoms with Crippen LogP contribution in [0.1, 0.15) is 265 Å². The Morgan fingerprint density at radius 1 is 0.348 bits per heavy atom. The second kappa shape index (κ2) is 56.4. The molecule has 0 aliphatic rings. The number of rotatable bonds is 51. The summed E-state index contributed by atoms with van der Waals surface area (Å²) in [4.78, 5) is 25.4. The van der Waals surface area contributed by atoms with Crippen molar-refractivity contribution >= 4 is 11.9 Å². The van der Waals surface area contributed by atoms with Gasteiger partial charge in [-0.3, -0.25) is 9.59 Å². The largest absolute Gasteiger partial charge is 0.462 e. The molecule has 0 saturated heterocycles. The zero-order valence-electron chi connectivity index (χ0n) is 43.7.